The molecule has 1 amide bonds. The quantitative estimate of drug-likeness (QED) is 0.745. The predicted molar refractivity (Wildman–Crippen MR) is 108 cm³/mol. The molecule has 0 spiro atoms. The van der Waals surface area contributed by atoms with Crippen LogP contribution in [-0.4, -0.2) is 63.6 Å². The number of rotatable bonds is 5. The van der Waals surface area contributed by atoms with Gasteiger partial charge in [0.25, 0.3) is 5.91 Å². The molecule has 0 saturated carbocycles. The van der Waals surface area contributed by atoms with Gasteiger partial charge in [0.1, 0.15) is 17.3 Å². The van der Waals surface area contributed by atoms with Crippen molar-refractivity contribution in [1.82, 2.24) is 24.9 Å². The summed E-state index contributed by atoms with van der Waals surface area (Å²) in [7, 11) is 0. The minimum absolute atomic E-state index is 0.217. The molecule has 9 nitrogen and oxygen atoms in total. The molecule has 2 aliphatic rings. The van der Waals surface area contributed by atoms with Crippen molar-refractivity contribution < 1.29 is 9.63 Å². The first-order chi connectivity index (χ1) is 14.1. The lowest BCUT2D eigenvalue weighted by Gasteiger charge is -2.30. The number of anilines is 2. The predicted octanol–water partition coefficient (Wildman–Crippen LogP) is 2.47. The van der Waals surface area contributed by atoms with Crippen LogP contribution in [0.3, 0.4) is 0 Å². The summed E-state index contributed by atoms with van der Waals surface area (Å²) in [6.07, 6.45) is 2.94. The van der Waals surface area contributed by atoms with Crippen LogP contribution in [0.25, 0.3) is 0 Å². The monoisotopic (exact) mass is 413 g/mol. The fourth-order valence-corrected chi connectivity index (χ4v) is 4.37. The zero-order valence-corrected chi connectivity index (χ0v) is 17.1. The van der Waals surface area contributed by atoms with Gasteiger partial charge in [0.05, 0.1) is 31.5 Å². The average Bonchev–Trinajstić information content (AvgIpc) is 3.40. The SMILES string of the molecule is Cc1nc(Nc2nc(C(=O)N3CCCO3)cs2)cc(C2CCCN(CC#N)C2)n1. The number of aryl methyl sites for hydroxylation is 1. The molecule has 4 rings (SSSR count). The Kier molecular flexibility index (Phi) is 5.99. The van der Waals surface area contributed by atoms with Crippen molar-refractivity contribution in [2.24, 2.45) is 0 Å². The lowest BCUT2D eigenvalue weighted by molar-refractivity contribution is -0.0771. The van der Waals surface area contributed by atoms with E-state index in [0.29, 0.717) is 42.2 Å². The van der Waals surface area contributed by atoms with Crippen molar-refractivity contribution in [2.75, 3.05) is 38.1 Å². The van der Waals surface area contributed by atoms with E-state index in [2.05, 4.69) is 31.2 Å². The highest BCUT2D eigenvalue weighted by atomic mass is 32.1. The highest BCUT2D eigenvalue weighted by Gasteiger charge is 2.24. The molecule has 10 heteroatoms. The summed E-state index contributed by atoms with van der Waals surface area (Å²) in [5.41, 5.74) is 1.34. The van der Waals surface area contributed by atoms with Crippen LogP contribution in [-0.2, 0) is 4.84 Å². The van der Waals surface area contributed by atoms with E-state index in [1.54, 1.807) is 5.38 Å². The zero-order chi connectivity index (χ0) is 20.2. The Labute approximate surface area is 173 Å². The number of likely N-dealkylation sites (tertiary alicyclic amines) is 1. The second-order valence-corrected chi connectivity index (χ2v) is 8.07. The number of nitrogens with zero attached hydrogens (tertiary/aromatic N) is 6. The summed E-state index contributed by atoms with van der Waals surface area (Å²) < 4.78 is 0. The van der Waals surface area contributed by atoms with Crippen molar-refractivity contribution in [2.45, 2.75) is 32.1 Å². The van der Waals surface area contributed by atoms with Gasteiger partial charge in [-0.05, 0) is 32.7 Å². The Hall–Kier alpha value is -2.61. The minimum atomic E-state index is -0.217. The van der Waals surface area contributed by atoms with E-state index in [9.17, 15) is 4.79 Å². The van der Waals surface area contributed by atoms with E-state index in [-0.39, 0.29) is 11.8 Å². The molecular weight excluding hydrogens is 390 g/mol. The van der Waals surface area contributed by atoms with Crippen LogP contribution in [0.5, 0.6) is 0 Å². The van der Waals surface area contributed by atoms with Gasteiger partial charge in [-0.25, -0.2) is 20.0 Å². The molecule has 2 fully saturated rings. The molecule has 29 heavy (non-hydrogen) atoms. The summed E-state index contributed by atoms with van der Waals surface area (Å²) in [6, 6.07) is 4.17. The van der Waals surface area contributed by atoms with Crippen molar-refractivity contribution in [3.63, 3.8) is 0 Å². The minimum Gasteiger partial charge on any atom is -0.316 e. The summed E-state index contributed by atoms with van der Waals surface area (Å²) in [5.74, 6) is 1.41. The topological polar surface area (TPSA) is 107 Å². The maximum Gasteiger partial charge on any atom is 0.296 e. The third-order valence-corrected chi connectivity index (χ3v) is 5.77. The third-order valence-electron chi connectivity index (χ3n) is 5.01. The van der Waals surface area contributed by atoms with Gasteiger partial charge in [0.2, 0.25) is 0 Å². The lowest BCUT2D eigenvalue weighted by atomic mass is 9.94. The molecule has 1 atom stereocenters. The maximum absolute atomic E-state index is 12.4. The molecule has 0 aromatic carbocycles. The Morgan fingerprint density at radius 1 is 1.38 bits per heavy atom. The Balaban J connectivity index is 1.47. The smallest absolute Gasteiger partial charge is 0.296 e. The fourth-order valence-electron chi connectivity index (χ4n) is 3.68. The number of nitrogens with one attached hydrogen (secondary N) is 1. The molecule has 0 radical (unpaired) electrons. The van der Waals surface area contributed by atoms with Crippen molar-refractivity contribution >= 4 is 28.2 Å². The Bertz CT molecular complexity index is 920. The van der Waals surface area contributed by atoms with Crippen LogP contribution in [0.15, 0.2) is 11.4 Å². The molecule has 1 N–H and O–H groups in total. The van der Waals surface area contributed by atoms with Gasteiger partial charge in [-0.15, -0.1) is 11.3 Å². The highest BCUT2D eigenvalue weighted by molar-refractivity contribution is 7.14. The van der Waals surface area contributed by atoms with E-state index in [4.69, 9.17) is 10.1 Å². The van der Waals surface area contributed by atoms with E-state index in [1.165, 1.54) is 16.4 Å². The largest absolute Gasteiger partial charge is 0.316 e. The molecule has 2 saturated heterocycles. The summed E-state index contributed by atoms with van der Waals surface area (Å²) >= 11 is 1.36. The number of aromatic nitrogens is 3. The Morgan fingerprint density at radius 3 is 3.07 bits per heavy atom. The summed E-state index contributed by atoms with van der Waals surface area (Å²) in [4.78, 5) is 33.3. The second kappa shape index (κ2) is 8.82. The van der Waals surface area contributed by atoms with Crippen LogP contribution in [0.2, 0.25) is 0 Å². The molecule has 152 valence electrons. The molecule has 4 heterocycles. The van der Waals surface area contributed by atoms with Gasteiger partial charge in [-0.1, -0.05) is 0 Å². The number of hydroxylamine groups is 2. The molecule has 1 unspecified atom stereocenters. The van der Waals surface area contributed by atoms with Crippen LogP contribution in [0.1, 0.15) is 47.2 Å². The van der Waals surface area contributed by atoms with Gasteiger partial charge < -0.3 is 5.32 Å². The van der Waals surface area contributed by atoms with Gasteiger partial charge in [-0.3, -0.25) is 14.5 Å². The molecule has 0 aliphatic carbocycles. The molecular formula is C19H23N7O2S. The van der Waals surface area contributed by atoms with E-state index in [0.717, 1.165) is 38.0 Å². The highest BCUT2D eigenvalue weighted by Crippen LogP contribution is 2.28. The van der Waals surface area contributed by atoms with Gasteiger partial charge in [0, 0.05) is 23.9 Å². The average molecular weight is 414 g/mol. The number of amides is 1. The van der Waals surface area contributed by atoms with Crippen LogP contribution in [0.4, 0.5) is 10.9 Å². The van der Waals surface area contributed by atoms with Crippen molar-refractivity contribution in [3.05, 3.63) is 28.7 Å². The van der Waals surface area contributed by atoms with E-state index >= 15 is 0 Å². The number of carbonyl (C=O) groups is 1. The first kappa shape index (κ1) is 19.7. The van der Waals surface area contributed by atoms with Crippen LogP contribution < -0.4 is 5.32 Å². The Morgan fingerprint density at radius 2 is 2.28 bits per heavy atom. The standard InChI is InChI=1S/C19H23N7O2S/c1-13-21-15(14-4-2-6-25(11-14)8-5-20)10-17(22-13)24-19-23-16(12-29-19)18(27)26-7-3-9-28-26/h10,12,14H,2-4,6-9,11H2,1H3,(H,21,22,23,24). The maximum atomic E-state index is 12.4. The summed E-state index contributed by atoms with van der Waals surface area (Å²) in [6.45, 7) is 5.26. The van der Waals surface area contributed by atoms with Gasteiger partial charge >= 0.3 is 0 Å². The van der Waals surface area contributed by atoms with Crippen molar-refractivity contribution in [1.29, 1.82) is 5.26 Å². The number of nitriles is 1. The van der Waals surface area contributed by atoms with Gasteiger partial charge in [0.15, 0.2) is 5.13 Å². The second-order valence-electron chi connectivity index (χ2n) is 7.21. The van der Waals surface area contributed by atoms with Crippen LogP contribution in [0, 0.1) is 18.3 Å². The van der Waals surface area contributed by atoms with Gasteiger partial charge in [-0.2, -0.15) is 5.26 Å². The zero-order valence-electron chi connectivity index (χ0n) is 16.3. The van der Waals surface area contributed by atoms with E-state index < -0.39 is 0 Å². The molecule has 2 aromatic heterocycles. The van der Waals surface area contributed by atoms with Crippen LogP contribution >= 0.6 is 11.3 Å². The third kappa shape index (κ3) is 4.70. The molecule has 0 bridgehead atoms. The number of piperidine rings is 1. The number of carbonyl (C=O) groups excluding carboxylic acids is 1. The fraction of sp³-hybridized carbons (Fsp3) is 0.526. The number of hydrogen-bond acceptors (Lipinski definition) is 9. The lowest BCUT2D eigenvalue weighted by Crippen LogP contribution is -2.35. The number of hydrogen-bond donors (Lipinski definition) is 1. The first-order valence-electron chi connectivity index (χ1n) is 9.74. The molecule has 2 aromatic rings. The number of thiazole rings is 1. The normalized spacial score (nSPS) is 19.9. The summed E-state index contributed by atoms with van der Waals surface area (Å²) in [5, 5.41) is 15.9. The van der Waals surface area contributed by atoms with E-state index in [1.807, 2.05) is 13.0 Å². The first-order valence-corrected chi connectivity index (χ1v) is 10.6. The van der Waals surface area contributed by atoms with Crippen molar-refractivity contribution in [3.8, 4) is 6.07 Å². The molecule has 2 aliphatic heterocycles.